The van der Waals surface area contributed by atoms with Gasteiger partial charge < -0.3 is 9.80 Å². The van der Waals surface area contributed by atoms with Gasteiger partial charge in [0.2, 0.25) is 5.91 Å². The number of hydrogen-bond acceptors (Lipinski definition) is 2. The number of rotatable bonds is 2. The third kappa shape index (κ3) is 4.90. The van der Waals surface area contributed by atoms with Gasteiger partial charge in [-0.3, -0.25) is 4.79 Å². The van der Waals surface area contributed by atoms with Crippen LogP contribution < -0.4 is 0 Å². The van der Waals surface area contributed by atoms with E-state index in [0.717, 1.165) is 25.9 Å². The minimum atomic E-state index is 0.0810. The summed E-state index contributed by atoms with van der Waals surface area (Å²) in [6.45, 7) is 8.09. The van der Waals surface area contributed by atoms with E-state index in [1.807, 2.05) is 11.0 Å². The van der Waals surface area contributed by atoms with Gasteiger partial charge in [-0.15, -0.1) is 0 Å². The van der Waals surface area contributed by atoms with Crippen molar-refractivity contribution >= 4 is 5.91 Å². The van der Waals surface area contributed by atoms with E-state index in [2.05, 4.69) is 39.8 Å². The predicted molar refractivity (Wildman–Crippen MR) is 71.9 cm³/mol. The van der Waals surface area contributed by atoms with E-state index in [1.165, 1.54) is 0 Å². The predicted octanol–water partition coefficient (Wildman–Crippen LogP) is 2.14. The van der Waals surface area contributed by atoms with Gasteiger partial charge in [0.25, 0.3) is 0 Å². The van der Waals surface area contributed by atoms with Gasteiger partial charge in [0.15, 0.2) is 0 Å². The summed E-state index contributed by atoms with van der Waals surface area (Å²) in [4.78, 5) is 16.2. The van der Waals surface area contributed by atoms with E-state index in [-0.39, 0.29) is 11.3 Å². The van der Waals surface area contributed by atoms with Crippen molar-refractivity contribution in [3.63, 3.8) is 0 Å². The molecule has 3 nitrogen and oxygen atoms in total. The van der Waals surface area contributed by atoms with E-state index in [1.54, 1.807) is 6.08 Å². The highest BCUT2D eigenvalue weighted by atomic mass is 16.2. The second-order valence-electron chi connectivity index (χ2n) is 6.22. The van der Waals surface area contributed by atoms with Crippen LogP contribution in [0, 0.1) is 5.41 Å². The van der Waals surface area contributed by atoms with Gasteiger partial charge in [0.05, 0.1) is 0 Å². The first-order valence-electron chi connectivity index (χ1n) is 6.44. The standard InChI is InChI=1S/C14H26N2O/c1-14(2,3)9-6-13(17)16-10-7-12(8-11-16)15(4)5/h6,9,12H,7-8,10-11H2,1-5H3/b9-6+. The van der Waals surface area contributed by atoms with Crippen molar-refractivity contribution < 1.29 is 4.79 Å². The van der Waals surface area contributed by atoms with Crippen LogP contribution in [0.4, 0.5) is 0 Å². The molecule has 0 atom stereocenters. The molecule has 1 amide bonds. The number of carbonyl (C=O) groups excluding carboxylic acids is 1. The number of carbonyl (C=O) groups is 1. The summed E-state index contributed by atoms with van der Waals surface area (Å²) >= 11 is 0. The molecule has 0 N–H and O–H groups in total. The Bertz CT molecular complexity index is 281. The van der Waals surface area contributed by atoms with Gasteiger partial charge in [-0.1, -0.05) is 26.8 Å². The van der Waals surface area contributed by atoms with Crippen LogP contribution in [-0.4, -0.2) is 48.9 Å². The van der Waals surface area contributed by atoms with Crippen LogP contribution in [0.1, 0.15) is 33.6 Å². The van der Waals surface area contributed by atoms with Gasteiger partial charge in [-0.2, -0.15) is 0 Å². The molecule has 98 valence electrons. The molecule has 1 saturated heterocycles. The molecule has 0 saturated carbocycles. The van der Waals surface area contributed by atoms with Crippen LogP contribution >= 0.6 is 0 Å². The van der Waals surface area contributed by atoms with Crippen LogP contribution in [0.3, 0.4) is 0 Å². The van der Waals surface area contributed by atoms with Crippen molar-refractivity contribution in [1.29, 1.82) is 0 Å². The fourth-order valence-electron chi connectivity index (χ4n) is 2.03. The molecular weight excluding hydrogens is 212 g/mol. The summed E-state index contributed by atoms with van der Waals surface area (Å²) in [5.41, 5.74) is 0.0810. The summed E-state index contributed by atoms with van der Waals surface area (Å²) in [7, 11) is 4.23. The molecule has 0 radical (unpaired) electrons. The first-order valence-corrected chi connectivity index (χ1v) is 6.44. The zero-order valence-corrected chi connectivity index (χ0v) is 11.9. The Balaban J connectivity index is 2.44. The molecule has 0 aromatic rings. The van der Waals surface area contributed by atoms with Crippen LogP contribution in [0.25, 0.3) is 0 Å². The lowest BCUT2D eigenvalue weighted by Gasteiger charge is -2.34. The van der Waals surface area contributed by atoms with Crippen molar-refractivity contribution in [2.45, 2.75) is 39.7 Å². The van der Waals surface area contributed by atoms with Gasteiger partial charge in [-0.05, 0) is 38.4 Å². The highest BCUT2D eigenvalue weighted by molar-refractivity contribution is 5.87. The molecule has 17 heavy (non-hydrogen) atoms. The Hall–Kier alpha value is -0.830. The van der Waals surface area contributed by atoms with Crippen LogP contribution in [0.15, 0.2) is 12.2 Å². The van der Waals surface area contributed by atoms with Gasteiger partial charge in [0, 0.05) is 19.1 Å². The Morgan fingerprint density at radius 3 is 2.18 bits per heavy atom. The Labute approximate surface area is 105 Å². The summed E-state index contributed by atoms with van der Waals surface area (Å²) in [6.07, 6.45) is 5.90. The molecular formula is C14H26N2O. The second-order valence-corrected chi connectivity index (χ2v) is 6.22. The van der Waals surface area contributed by atoms with Gasteiger partial charge in [-0.25, -0.2) is 0 Å². The lowest BCUT2D eigenvalue weighted by molar-refractivity contribution is -0.127. The first-order chi connectivity index (χ1) is 7.79. The van der Waals surface area contributed by atoms with Crippen molar-refractivity contribution in [2.75, 3.05) is 27.2 Å². The average Bonchev–Trinajstić information content (AvgIpc) is 2.25. The van der Waals surface area contributed by atoms with E-state index in [9.17, 15) is 4.79 Å². The van der Waals surface area contributed by atoms with Crippen molar-refractivity contribution in [3.8, 4) is 0 Å². The highest BCUT2D eigenvalue weighted by Crippen LogP contribution is 2.17. The first kappa shape index (κ1) is 14.2. The van der Waals surface area contributed by atoms with Gasteiger partial charge >= 0.3 is 0 Å². The quantitative estimate of drug-likeness (QED) is 0.688. The summed E-state index contributed by atoms with van der Waals surface area (Å²) in [5, 5.41) is 0. The molecule has 0 aliphatic carbocycles. The Morgan fingerprint density at radius 1 is 1.24 bits per heavy atom. The minimum absolute atomic E-state index is 0.0810. The van der Waals surface area contributed by atoms with E-state index in [4.69, 9.17) is 0 Å². The largest absolute Gasteiger partial charge is 0.339 e. The fourth-order valence-corrected chi connectivity index (χ4v) is 2.03. The zero-order valence-electron chi connectivity index (χ0n) is 11.9. The lowest BCUT2D eigenvalue weighted by Crippen LogP contribution is -2.44. The smallest absolute Gasteiger partial charge is 0.246 e. The minimum Gasteiger partial charge on any atom is -0.339 e. The zero-order chi connectivity index (χ0) is 13.1. The second kappa shape index (κ2) is 5.67. The monoisotopic (exact) mass is 238 g/mol. The van der Waals surface area contributed by atoms with E-state index >= 15 is 0 Å². The fraction of sp³-hybridized carbons (Fsp3) is 0.786. The molecule has 1 rings (SSSR count). The Morgan fingerprint density at radius 2 is 1.76 bits per heavy atom. The Kier molecular flexibility index (Phi) is 4.75. The number of amides is 1. The van der Waals surface area contributed by atoms with E-state index < -0.39 is 0 Å². The SMILES string of the molecule is CN(C)C1CCN(C(=O)/C=C/C(C)(C)C)CC1. The highest BCUT2D eigenvalue weighted by Gasteiger charge is 2.22. The van der Waals surface area contributed by atoms with Crippen molar-refractivity contribution in [3.05, 3.63) is 12.2 Å². The molecule has 0 aromatic carbocycles. The number of allylic oxidation sites excluding steroid dienone is 1. The number of likely N-dealkylation sites (tertiary alicyclic amines) is 1. The van der Waals surface area contributed by atoms with Crippen LogP contribution in [0.2, 0.25) is 0 Å². The number of piperidine rings is 1. The van der Waals surface area contributed by atoms with Crippen LogP contribution in [0.5, 0.6) is 0 Å². The molecule has 1 heterocycles. The normalized spacial score (nSPS) is 19.3. The molecule has 3 heteroatoms. The molecule has 1 aliphatic heterocycles. The molecule has 0 bridgehead atoms. The number of nitrogens with zero attached hydrogens (tertiary/aromatic N) is 2. The topological polar surface area (TPSA) is 23.6 Å². The lowest BCUT2D eigenvalue weighted by atomic mass is 9.96. The van der Waals surface area contributed by atoms with E-state index in [0.29, 0.717) is 6.04 Å². The third-order valence-corrected chi connectivity index (χ3v) is 3.23. The average molecular weight is 238 g/mol. The maximum atomic E-state index is 11.9. The third-order valence-electron chi connectivity index (χ3n) is 3.23. The molecule has 1 fully saturated rings. The molecule has 0 unspecified atom stereocenters. The molecule has 0 aromatic heterocycles. The summed E-state index contributed by atoms with van der Waals surface area (Å²) in [6, 6.07) is 0.630. The molecule has 0 spiro atoms. The molecule has 1 aliphatic rings. The van der Waals surface area contributed by atoms with Crippen molar-refractivity contribution in [2.24, 2.45) is 5.41 Å². The maximum absolute atomic E-state index is 11.9. The summed E-state index contributed by atoms with van der Waals surface area (Å²) in [5.74, 6) is 0.164. The number of hydrogen-bond donors (Lipinski definition) is 0. The summed E-state index contributed by atoms with van der Waals surface area (Å²) < 4.78 is 0. The van der Waals surface area contributed by atoms with Crippen LogP contribution in [-0.2, 0) is 4.79 Å². The van der Waals surface area contributed by atoms with Crippen molar-refractivity contribution in [1.82, 2.24) is 9.80 Å². The van der Waals surface area contributed by atoms with Gasteiger partial charge in [0.1, 0.15) is 0 Å². The maximum Gasteiger partial charge on any atom is 0.246 e.